The lowest BCUT2D eigenvalue weighted by molar-refractivity contribution is 0.252. The Morgan fingerprint density at radius 2 is 2.38 bits per heavy atom. The lowest BCUT2D eigenvalue weighted by atomic mass is 10.3. The SMILES string of the molecule is C=CCOc1cccc(NC(=O)NCC)c1. The molecule has 1 aromatic rings. The molecule has 0 bridgehead atoms. The number of benzene rings is 1. The summed E-state index contributed by atoms with van der Waals surface area (Å²) in [6.45, 7) is 6.48. The summed E-state index contributed by atoms with van der Waals surface area (Å²) in [5.74, 6) is 0.703. The number of hydrogen-bond acceptors (Lipinski definition) is 2. The van der Waals surface area contributed by atoms with Gasteiger partial charge in [-0.15, -0.1) is 0 Å². The first-order valence-corrected chi connectivity index (χ1v) is 5.15. The maximum absolute atomic E-state index is 11.3. The van der Waals surface area contributed by atoms with Gasteiger partial charge in [0.25, 0.3) is 0 Å². The third kappa shape index (κ3) is 4.04. The minimum Gasteiger partial charge on any atom is -0.489 e. The smallest absolute Gasteiger partial charge is 0.319 e. The predicted octanol–water partition coefficient (Wildman–Crippen LogP) is 2.39. The summed E-state index contributed by atoms with van der Waals surface area (Å²) >= 11 is 0. The van der Waals surface area contributed by atoms with E-state index in [1.807, 2.05) is 19.1 Å². The Bertz CT molecular complexity index is 364. The number of ether oxygens (including phenoxy) is 1. The summed E-state index contributed by atoms with van der Waals surface area (Å²) in [4.78, 5) is 11.3. The fourth-order valence-electron chi connectivity index (χ4n) is 1.15. The van der Waals surface area contributed by atoms with E-state index in [4.69, 9.17) is 4.74 Å². The van der Waals surface area contributed by atoms with Crippen LogP contribution in [0.1, 0.15) is 6.92 Å². The number of nitrogens with one attached hydrogen (secondary N) is 2. The lowest BCUT2D eigenvalue weighted by Crippen LogP contribution is -2.28. The van der Waals surface area contributed by atoms with Gasteiger partial charge in [0.15, 0.2) is 0 Å². The van der Waals surface area contributed by atoms with Crippen LogP contribution in [0.25, 0.3) is 0 Å². The zero-order valence-corrected chi connectivity index (χ0v) is 9.32. The zero-order valence-electron chi connectivity index (χ0n) is 9.32. The summed E-state index contributed by atoms with van der Waals surface area (Å²) in [6.07, 6.45) is 1.67. The van der Waals surface area contributed by atoms with Gasteiger partial charge >= 0.3 is 6.03 Å². The Balaban J connectivity index is 2.59. The molecule has 4 heteroatoms. The molecular weight excluding hydrogens is 204 g/mol. The van der Waals surface area contributed by atoms with Crippen molar-refractivity contribution in [3.05, 3.63) is 36.9 Å². The van der Waals surface area contributed by atoms with Crippen LogP contribution >= 0.6 is 0 Å². The zero-order chi connectivity index (χ0) is 11.8. The van der Waals surface area contributed by atoms with Crippen LogP contribution < -0.4 is 15.4 Å². The van der Waals surface area contributed by atoms with Gasteiger partial charge in [-0.2, -0.15) is 0 Å². The van der Waals surface area contributed by atoms with Crippen LogP contribution in [0.5, 0.6) is 5.75 Å². The standard InChI is InChI=1S/C12H16N2O2/c1-3-8-16-11-7-5-6-10(9-11)14-12(15)13-4-2/h3,5-7,9H,1,4,8H2,2H3,(H2,13,14,15). The summed E-state index contributed by atoms with van der Waals surface area (Å²) in [5, 5.41) is 5.35. The van der Waals surface area contributed by atoms with Crippen molar-refractivity contribution in [1.29, 1.82) is 0 Å². The summed E-state index contributed by atoms with van der Waals surface area (Å²) in [6, 6.07) is 6.99. The van der Waals surface area contributed by atoms with Crippen molar-refractivity contribution in [2.75, 3.05) is 18.5 Å². The molecule has 0 aliphatic heterocycles. The first-order chi connectivity index (χ1) is 7.76. The number of carbonyl (C=O) groups excluding carboxylic acids is 1. The second kappa shape index (κ2) is 6.50. The summed E-state index contributed by atoms with van der Waals surface area (Å²) in [5.41, 5.74) is 0.701. The largest absolute Gasteiger partial charge is 0.489 e. The topological polar surface area (TPSA) is 50.4 Å². The average molecular weight is 220 g/mol. The van der Waals surface area contributed by atoms with E-state index in [1.54, 1.807) is 18.2 Å². The quantitative estimate of drug-likeness (QED) is 0.748. The van der Waals surface area contributed by atoms with E-state index in [-0.39, 0.29) is 6.03 Å². The van der Waals surface area contributed by atoms with E-state index in [2.05, 4.69) is 17.2 Å². The number of hydrogen-bond donors (Lipinski definition) is 2. The first-order valence-electron chi connectivity index (χ1n) is 5.15. The molecule has 1 aromatic carbocycles. The Kier molecular flexibility index (Phi) is 4.92. The normalized spacial score (nSPS) is 9.31. The highest BCUT2D eigenvalue weighted by molar-refractivity contribution is 5.89. The summed E-state index contributed by atoms with van der Waals surface area (Å²) < 4.78 is 5.35. The molecule has 0 saturated heterocycles. The maximum Gasteiger partial charge on any atom is 0.319 e. The fourth-order valence-corrected chi connectivity index (χ4v) is 1.15. The molecule has 0 fully saturated rings. The molecule has 2 N–H and O–H groups in total. The van der Waals surface area contributed by atoms with Crippen molar-refractivity contribution < 1.29 is 9.53 Å². The van der Waals surface area contributed by atoms with E-state index in [9.17, 15) is 4.79 Å². The Morgan fingerprint density at radius 3 is 3.06 bits per heavy atom. The molecule has 2 amide bonds. The molecule has 0 saturated carbocycles. The third-order valence-electron chi connectivity index (χ3n) is 1.80. The molecule has 0 spiro atoms. The van der Waals surface area contributed by atoms with Crippen molar-refractivity contribution >= 4 is 11.7 Å². The molecule has 0 heterocycles. The van der Waals surface area contributed by atoms with Crippen molar-refractivity contribution in [3.8, 4) is 5.75 Å². The van der Waals surface area contributed by atoms with Crippen LogP contribution in [-0.4, -0.2) is 19.2 Å². The highest BCUT2D eigenvalue weighted by Crippen LogP contribution is 2.17. The van der Waals surface area contributed by atoms with Gasteiger partial charge in [0.2, 0.25) is 0 Å². The number of urea groups is 1. The first kappa shape index (κ1) is 12.1. The molecule has 0 atom stereocenters. The second-order valence-corrected chi connectivity index (χ2v) is 3.11. The minimum atomic E-state index is -0.219. The van der Waals surface area contributed by atoms with Gasteiger partial charge in [-0.25, -0.2) is 4.79 Å². The van der Waals surface area contributed by atoms with Gasteiger partial charge in [-0.3, -0.25) is 0 Å². The van der Waals surface area contributed by atoms with Gasteiger partial charge in [-0.05, 0) is 19.1 Å². The Labute approximate surface area is 95.3 Å². The van der Waals surface area contributed by atoms with Crippen molar-refractivity contribution in [2.24, 2.45) is 0 Å². The second-order valence-electron chi connectivity index (χ2n) is 3.11. The van der Waals surface area contributed by atoms with Gasteiger partial charge in [0.05, 0.1) is 0 Å². The minimum absolute atomic E-state index is 0.219. The van der Waals surface area contributed by atoms with E-state index in [0.717, 1.165) is 0 Å². The molecule has 16 heavy (non-hydrogen) atoms. The van der Waals surface area contributed by atoms with E-state index >= 15 is 0 Å². The molecule has 86 valence electrons. The highest BCUT2D eigenvalue weighted by Gasteiger charge is 2.00. The van der Waals surface area contributed by atoms with Crippen LogP contribution in [0.2, 0.25) is 0 Å². The summed E-state index contributed by atoms with van der Waals surface area (Å²) in [7, 11) is 0. The number of carbonyl (C=O) groups is 1. The third-order valence-corrected chi connectivity index (χ3v) is 1.80. The predicted molar refractivity (Wildman–Crippen MR) is 64.8 cm³/mol. The van der Waals surface area contributed by atoms with Gasteiger partial charge < -0.3 is 15.4 Å². The Hall–Kier alpha value is -1.97. The van der Waals surface area contributed by atoms with Crippen LogP contribution in [0, 0.1) is 0 Å². The van der Waals surface area contributed by atoms with Crippen molar-refractivity contribution in [3.63, 3.8) is 0 Å². The number of rotatable bonds is 5. The van der Waals surface area contributed by atoms with Crippen LogP contribution in [0.3, 0.4) is 0 Å². The number of amides is 2. The highest BCUT2D eigenvalue weighted by atomic mass is 16.5. The van der Waals surface area contributed by atoms with Crippen molar-refractivity contribution in [2.45, 2.75) is 6.92 Å². The van der Waals surface area contributed by atoms with Crippen LogP contribution in [0.15, 0.2) is 36.9 Å². The molecule has 0 aliphatic carbocycles. The molecule has 0 aliphatic rings. The van der Waals surface area contributed by atoms with E-state index in [0.29, 0.717) is 24.6 Å². The molecular formula is C12H16N2O2. The van der Waals surface area contributed by atoms with Gasteiger partial charge in [0.1, 0.15) is 12.4 Å². The fraction of sp³-hybridized carbons (Fsp3) is 0.250. The molecule has 0 radical (unpaired) electrons. The van der Waals surface area contributed by atoms with Crippen LogP contribution in [-0.2, 0) is 0 Å². The van der Waals surface area contributed by atoms with E-state index < -0.39 is 0 Å². The lowest BCUT2D eigenvalue weighted by Gasteiger charge is -2.08. The molecule has 4 nitrogen and oxygen atoms in total. The molecule has 0 unspecified atom stereocenters. The molecule has 1 rings (SSSR count). The average Bonchev–Trinajstić information content (AvgIpc) is 2.27. The van der Waals surface area contributed by atoms with Gasteiger partial charge in [-0.1, -0.05) is 18.7 Å². The van der Waals surface area contributed by atoms with Gasteiger partial charge in [0, 0.05) is 18.3 Å². The van der Waals surface area contributed by atoms with E-state index in [1.165, 1.54) is 0 Å². The molecule has 0 aromatic heterocycles. The number of anilines is 1. The van der Waals surface area contributed by atoms with Crippen LogP contribution in [0.4, 0.5) is 10.5 Å². The van der Waals surface area contributed by atoms with Crippen molar-refractivity contribution in [1.82, 2.24) is 5.32 Å². The monoisotopic (exact) mass is 220 g/mol. The maximum atomic E-state index is 11.3. The Morgan fingerprint density at radius 1 is 1.56 bits per heavy atom.